The molecular formula is C15H14N4O2. The Morgan fingerprint density at radius 1 is 1.14 bits per heavy atom. The van der Waals surface area contributed by atoms with Crippen molar-refractivity contribution in [3.8, 4) is 22.9 Å². The van der Waals surface area contributed by atoms with E-state index in [1.165, 1.54) is 0 Å². The third kappa shape index (κ3) is 3.11. The van der Waals surface area contributed by atoms with Crippen molar-refractivity contribution >= 4 is 5.69 Å². The van der Waals surface area contributed by atoms with Crippen LogP contribution in [-0.2, 0) is 6.61 Å². The van der Waals surface area contributed by atoms with Crippen LogP contribution in [0.4, 0.5) is 5.69 Å². The molecule has 0 saturated heterocycles. The van der Waals surface area contributed by atoms with E-state index in [4.69, 9.17) is 10.5 Å². The van der Waals surface area contributed by atoms with Gasteiger partial charge in [-0.25, -0.2) is 4.98 Å². The number of ether oxygens (including phenoxy) is 1. The van der Waals surface area contributed by atoms with Gasteiger partial charge in [0, 0.05) is 17.3 Å². The first-order chi connectivity index (χ1) is 10.2. The molecule has 3 rings (SSSR count). The van der Waals surface area contributed by atoms with Gasteiger partial charge in [-0.2, -0.15) is 5.10 Å². The lowest BCUT2D eigenvalue weighted by Gasteiger charge is -2.03. The second kappa shape index (κ2) is 5.54. The van der Waals surface area contributed by atoms with Gasteiger partial charge in [-0.05, 0) is 36.4 Å². The van der Waals surface area contributed by atoms with Gasteiger partial charge in [-0.3, -0.25) is 5.10 Å². The van der Waals surface area contributed by atoms with Crippen LogP contribution >= 0.6 is 0 Å². The topological polar surface area (TPSA) is 97.1 Å². The van der Waals surface area contributed by atoms with E-state index in [1.807, 2.05) is 12.1 Å². The van der Waals surface area contributed by atoms with Gasteiger partial charge < -0.3 is 15.6 Å². The van der Waals surface area contributed by atoms with Gasteiger partial charge in [0.1, 0.15) is 18.1 Å². The SMILES string of the molecule is Nc1cccc(OCc2nc(-c3ccc(O)cc3)n[nH]2)c1. The van der Waals surface area contributed by atoms with Gasteiger partial charge >= 0.3 is 0 Å². The maximum absolute atomic E-state index is 9.26. The molecule has 0 radical (unpaired) electrons. The molecule has 106 valence electrons. The predicted octanol–water partition coefficient (Wildman–Crippen LogP) is 2.34. The van der Waals surface area contributed by atoms with E-state index < -0.39 is 0 Å². The zero-order valence-electron chi connectivity index (χ0n) is 11.2. The van der Waals surface area contributed by atoms with Crippen LogP contribution in [0.25, 0.3) is 11.4 Å². The zero-order valence-corrected chi connectivity index (χ0v) is 11.2. The number of hydrogen-bond donors (Lipinski definition) is 3. The number of hydrogen-bond acceptors (Lipinski definition) is 5. The summed E-state index contributed by atoms with van der Waals surface area (Å²) in [6.07, 6.45) is 0. The first kappa shape index (κ1) is 13.0. The van der Waals surface area contributed by atoms with Gasteiger partial charge in [0.2, 0.25) is 0 Å². The van der Waals surface area contributed by atoms with Gasteiger partial charge in [0.25, 0.3) is 0 Å². The number of H-pyrrole nitrogens is 1. The van der Waals surface area contributed by atoms with Gasteiger partial charge in [0.05, 0.1) is 0 Å². The molecule has 0 aliphatic carbocycles. The lowest BCUT2D eigenvalue weighted by atomic mass is 10.2. The minimum absolute atomic E-state index is 0.208. The van der Waals surface area contributed by atoms with Crippen molar-refractivity contribution in [3.63, 3.8) is 0 Å². The van der Waals surface area contributed by atoms with Gasteiger partial charge in [-0.1, -0.05) is 6.07 Å². The Morgan fingerprint density at radius 2 is 1.95 bits per heavy atom. The van der Waals surface area contributed by atoms with Crippen molar-refractivity contribution in [1.82, 2.24) is 15.2 Å². The molecule has 21 heavy (non-hydrogen) atoms. The van der Waals surface area contributed by atoms with E-state index in [0.717, 1.165) is 5.56 Å². The average Bonchev–Trinajstić information content (AvgIpc) is 2.95. The molecule has 0 spiro atoms. The Balaban J connectivity index is 1.69. The summed E-state index contributed by atoms with van der Waals surface area (Å²) in [5.74, 6) is 2.05. The van der Waals surface area contributed by atoms with Crippen molar-refractivity contribution in [3.05, 3.63) is 54.4 Å². The molecule has 0 bridgehead atoms. The zero-order chi connectivity index (χ0) is 14.7. The summed E-state index contributed by atoms with van der Waals surface area (Å²) in [4.78, 5) is 4.34. The fourth-order valence-corrected chi connectivity index (χ4v) is 1.86. The second-order valence-corrected chi connectivity index (χ2v) is 4.51. The Morgan fingerprint density at radius 3 is 2.71 bits per heavy atom. The Bertz CT molecular complexity index is 737. The van der Waals surface area contributed by atoms with Crippen molar-refractivity contribution in [2.45, 2.75) is 6.61 Å². The van der Waals surface area contributed by atoms with E-state index in [2.05, 4.69) is 15.2 Å². The quantitative estimate of drug-likeness (QED) is 0.638. The predicted molar refractivity (Wildman–Crippen MR) is 78.7 cm³/mol. The molecular weight excluding hydrogens is 268 g/mol. The highest BCUT2D eigenvalue weighted by Gasteiger charge is 2.06. The lowest BCUT2D eigenvalue weighted by molar-refractivity contribution is 0.296. The maximum atomic E-state index is 9.26. The van der Waals surface area contributed by atoms with Crippen molar-refractivity contribution in [1.29, 1.82) is 0 Å². The number of nitrogens with one attached hydrogen (secondary N) is 1. The van der Waals surface area contributed by atoms with Crippen LogP contribution in [0, 0.1) is 0 Å². The number of phenols is 1. The number of phenolic OH excluding ortho intramolecular Hbond substituents is 1. The number of aromatic hydroxyl groups is 1. The number of nitrogens with two attached hydrogens (primary N) is 1. The summed E-state index contributed by atoms with van der Waals surface area (Å²) in [6.45, 7) is 0.272. The van der Waals surface area contributed by atoms with Crippen LogP contribution in [0.5, 0.6) is 11.5 Å². The Kier molecular flexibility index (Phi) is 3.42. The highest BCUT2D eigenvalue weighted by molar-refractivity contribution is 5.55. The maximum Gasteiger partial charge on any atom is 0.181 e. The van der Waals surface area contributed by atoms with E-state index in [0.29, 0.717) is 23.1 Å². The summed E-state index contributed by atoms with van der Waals surface area (Å²) >= 11 is 0. The minimum atomic E-state index is 0.208. The first-order valence-corrected chi connectivity index (χ1v) is 6.40. The number of nitrogen functional groups attached to an aromatic ring is 1. The number of aromatic amines is 1. The minimum Gasteiger partial charge on any atom is -0.508 e. The van der Waals surface area contributed by atoms with Crippen LogP contribution in [0.1, 0.15) is 5.82 Å². The molecule has 0 unspecified atom stereocenters. The fourth-order valence-electron chi connectivity index (χ4n) is 1.86. The summed E-state index contributed by atoms with van der Waals surface area (Å²) in [6, 6.07) is 13.9. The summed E-state index contributed by atoms with van der Waals surface area (Å²) < 4.78 is 5.59. The van der Waals surface area contributed by atoms with Gasteiger partial charge in [0.15, 0.2) is 11.6 Å². The van der Waals surface area contributed by atoms with Crippen molar-refractivity contribution in [2.75, 3.05) is 5.73 Å². The Labute approximate surface area is 121 Å². The second-order valence-electron chi connectivity index (χ2n) is 4.51. The van der Waals surface area contributed by atoms with Crippen LogP contribution in [0.3, 0.4) is 0 Å². The molecule has 6 nitrogen and oxygen atoms in total. The molecule has 0 saturated carbocycles. The van der Waals surface area contributed by atoms with E-state index in [1.54, 1.807) is 36.4 Å². The highest BCUT2D eigenvalue weighted by Crippen LogP contribution is 2.19. The number of aromatic nitrogens is 3. The number of nitrogens with zero attached hydrogens (tertiary/aromatic N) is 2. The van der Waals surface area contributed by atoms with Crippen molar-refractivity contribution < 1.29 is 9.84 Å². The van der Waals surface area contributed by atoms with Crippen LogP contribution in [0.2, 0.25) is 0 Å². The molecule has 4 N–H and O–H groups in total. The summed E-state index contributed by atoms with van der Waals surface area (Å²) in [5.41, 5.74) is 7.15. The summed E-state index contributed by atoms with van der Waals surface area (Å²) in [5, 5.41) is 16.2. The molecule has 0 aliphatic heterocycles. The van der Waals surface area contributed by atoms with E-state index in [9.17, 15) is 5.11 Å². The lowest BCUT2D eigenvalue weighted by Crippen LogP contribution is -1.98. The number of benzene rings is 2. The molecule has 1 heterocycles. The Hall–Kier alpha value is -3.02. The normalized spacial score (nSPS) is 10.5. The van der Waals surface area contributed by atoms with E-state index in [-0.39, 0.29) is 12.4 Å². The van der Waals surface area contributed by atoms with Crippen LogP contribution < -0.4 is 10.5 Å². The monoisotopic (exact) mass is 282 g/mol. The summed E-state index contributed by atoms with van der Waals surface area (Å²) in [7, 11) is 0. The molecule has 0 atom stereocenters. The van der Waals surface area contributed by atoms with Gasteiger partial charge in [-0.15, -0.1) is 0 Å². The molecule has 6 heteroatoms. The highest BCUT2D eigenvalue weighted by atomic mass is 16.5. The molecule has 0 aliphatic rings. The molecule has 3 aromatic rings. The van der Waals surface area contributed by atoms with E-state index >= 15 is 0 Å². The van der Waals surface area contributed by atoms with Crippen LogP contribution in [0.15, 0.2) is 48.5 Å². The van der Waals surface area contributed by atoms with Crippen molar-refractivity contribution in [2.24, 2.45) is 0 Å². The molecule has 0 amide bonds. The van der Waals surface area contributed by atoms with Crippen LogP contribution in [-0.4, -0.2) is 20.3 Å². The molecule has 2 aromatic carbocycles. The smallest absolute Gasteiger partial charge is 0.181 e. The largest absolute Gasteiger partial charge is 0.508 e. The number of anilines is 1. The standard InChI is InChI=1S/C15H14N4O2/c16-11-2-1-3-13(8-11)21-9-14-17-15(19-18-14)10-4-6-12(20)7-5-10/h1-8,20H,9,16H2,(H,17,18,19). The third-order valence-electron chi connectivity index (χ3n) is 2.89. The fraction of sp³-hybridized carbons (Fsp3) is 0.0667. The molecule has 0 fully saturated rings. The third-order valence-corrected chi connectivity index (χ3v) is 2.89. The average molecular weight is 282 g/mol. The molecule has 1 aromatic heterocycles. The number of rotatable bonds is 4. The first-order valence-electron chi connectivity index (χ1n) is 6.40.